The monoisotopic (exact) mass is 260 g/mol. The third-order valence-corrected chi connectivity index (χ3v) is 3.61. The Labute approximate surface area is 112 Å². The van der Waals surface area contributed by atoms with E-state index in [1.807, 2.05) is 6.07 Å². The average molecular weight is 260 g/mol. The van der Waals surface area contributed by atoms with E-state index in [4.69, 9.17) is 5.26 Å². The molecule has 1 saturated carbocycles. The minimum atomic E-state index is -0.907. The van der Waals surface area contributed by atoms with E-state index in [1.54, 1.807) is 12.1 Å². The van der Waals surface area contributed by atoms with Crippen LogP contribution in [0.4, 0.5) is 4.39 Å². The molecule has 1 aromatic rings. The normalized spacial score (nSPS) is 17.5. The maximum absolute atomic E-state index is 13.6. The number of amides is 1. The number of nitriles is 1. The molecule has 0 saturated heterocycles. The van der Waals surface area contributed by atoms with Gasteiger partial charge in [-0.05, 0) is 18.9 Å². The molecule has 0 spiro atoms. The lowest BCUT2D eigenvalue weighted by Gasteiger charge is -2.22. The first-order valence-corrected chi connectivity index (χ1v) is 6.67. The maximum Gasteiger partial charge on any atom is 0.224 e. The van der Waals surface area contributed by atoms with Gasteiger partial charge in [-0.3, -0.25) is 4.79 Å². The van der Waals surface area contributed by atoms with Gasteiger partial charge < -0.3 is 5.32 Å². The number of carbonyl (C=O) groups excluding carboxylic acids is 1. The third-order valence-electron chi connectivity index (χ3n) is 3.61. The maximum atomic E-state index is 13.6. The Morgan fingerprint density at radius 2 is 2.00 bits per heavy atom. The summed E-state index contributed by atoms with van der Waals surface area (Å²) < 4.78 is 13.6. The first-order chi connectivity index (χ1) is 9.22. The number of rotatable bonds is 3. The van der Waals surface area contributed by atoms with Crippen LogP contribution in [0.15, 0.2) is 24.3 Å². The molecule has 4 heteroatoms. The van der Waals surface area contributed by atoms with Crippen LogP contribution >= 0.6 is 0 Å². The summed E-state index contributed by atoms with van der Waals surface area (Å²) in [6.07, 6.45) is 4.99. The molecule has 1 amide bonds. The molecule has 0 heterocycles. The van der Waals surface area contributed by atoms with E-state index in [9.17, 15) is 9.18 Å². The zero-order chi connectivity index (χ0) is 13.7. The minimum absolute atomic E-state index is 0.0311. The van der Waals surface area contributed by atoms with Gasteiger partial charge in [0.05, 0.1) is 6.07 Å². The predicted molar refractivity (Wildman–Crippen MR) is 69.5 cm³/mol. The van der Waals surface area contributed by atoms with Gasteiger partial charge in [-0.15, -0.1) is 0 Å². The molecule has 1 N–H and O–H groups in total. The Balaban J connectivity index is 2.05. The zero-order valence-electron chi connectivity index (χ0n) is 10.7. The number of hydrogen-bond donors (Lipinski definition) is 1. The smallest absolute Gasteiger partial charge is 0.224 e. The van der Waals surface area contributed by atoms with Gasteiger partial charge in [0.2, 0.25) is 5.91 Å². The highest BCUT2D eigenvalue weighted by molar-refractivity contribution is 5.79. The lowest BCUT2D eigenvalue weighted by molar-refractivity contribution is -0.126. The van der Waals surface area contributed by atoms with Gasteiger partial charge >= 0.3 is 0 Å². The van der Waals surface area contributed by atoms with E-state index in [1.165, 1.54) is 18.6 Å². The molecular formula is C15H17FN2O. The van der Waals surface area contributed by atoms with Crippen molar-refractivity contribution in [2.75, 3.05) is 0 Å². The van der Waals surface area contributed by atoms with E-state index in [2.05, 4.69) is 5.32 Å². The highest BCUT2D eigenvalue weighted by atomic mass is 19.1. The number of benzene rings is 1. The molecule has 2 rings (SSSR count). The standard InChI is InChI=1S/C15H17FN2O/c16-13-9-5-4-8-12(13)14(10-17)18-15(19)11-6-2-1-3-7-11/h4-5,8-9,11,14H,1-3,6-7H2,(H,18,19). The van der Waals surface area contributed by atoms with Crippen LogP contribution in [-0.2, 0) is 4.79 Å². The Morgan fingerprint density at radius 1 is 1.32 bits per heavy atom. The molecule has 100 valence electrons. The lowest BCUT2D eigenvalue weighted by atomic mass is 9.88. The Kier molecular flexibility index (Phi) is 4.51. The number of nitrogens with one attached hydrogen (secondary N) is 1. The molecule has 1 aliphatic carbocycles. The van der Waals surface area contributed by atoms with E-state index in [-0.39, 0.29) is 17.4 Å². The summed E-state index contributed by atoms with van der Waals surface area (Å²) in [4.78, 5) is 12.1. The molecular weight excluding hydrogens is 243 g/mol. The molecule has 0 bridgehead atoms. The van der Waals surface area contributed by atoms with Crippen molar-refractivity contribution in [2.24, 2.45) is 5.92 Å². The van der Waals surface area contributed by atoms with Crippen molar-refractivity contribution in [2.45, 2.75) is 38.1 Å². The summed E-state index contributed by atoms with van der Waals surface area (Å²) in [5.74, 6) is -0.621. The summed E-state index contributed by atoms with van der Waals surface area (Å²) in [6, 6.07) is 7.11. The Morgan fingerprint density at radius 3 is 2.63 bits per heavy atom. The van der Waals surface area contributed by atoms with E-state index >= 15 is 0 Å². The second-order valence-corrected chi connectivity index (χ2v) is 4.93. The highest BCUT2D eigenvalue weighted by Crippen LogP contribution is 2.25. The van der Waals surface area contributed by atoms with Crippen molar-refractivity contribution in [3.8, 4) is 6.07 Å². The quantitative estimate of drug-likeness (QED) is 0.908. The van der Waals surface area contributed by atoms with Gasteiger partial charge in [0.25, 0.3) is 0 Å². The van der Waals surface area contributed by atoms with E-state index < -0.39 is 11.9 Å². The van der Waals surface area contributed by atoms with Crippen molar-refractivity contribution in [1.29, 1.82) is 5.26 Å². The Hall–Kier alpha value is -1.89. The van der Waals surface area contributed by atoms with Gasteiger partial charge in [-0.2, -0.15) is 5.26 Å². The van der Waals surface area contributed by atoms with Crippen molar-refractivity contribution in [1.82, 2.24) is 5.32 Å². The molecule has 1 aliphatic rings. The third kappa shape index (κ3) is 3.31. The van der Waals surface area contributed by atoms with Crippen molar-refractivity contribution < 1.29 is 9.18 Å². The second kappa shape index (κ2) is 6.33. The number of carbonyl (C=O) groups is 1. The topological polar surface area (TPSA) is 52.9 Å². The molecule has 1 unspecified atom stereocenters. The first kappa shape index (κ1) is 13.5. The number of nitrogens with zero attached hydrogens (tertiary/aromatic N) is 1. The van der Waals surface area contributed by atoms with Gasteiger partial charge in [-0.1, -0.05) is 37.5 Å². The largest absolute Gasteiger partial charge is 0.336 e. The van der Waals surface area contributed by atoms with Crippen LogP contribution in [0.5, 0.6) is 0 Å². The molecule has 1 atom stereocenters. The van der Waals surface area contributed by atoms with E-state index in [0.29, 0.717) is 0 Å². The van der Waals surface area contributed by atoms with Gasteiger partial charge in [0, 0.05) is 11.5 Å². The summed E-state index contributed by atoms with van der Waals surface area (Å²) in [5, 5.41) is 11.8. The molecule has 0 aliphatic heterocycles. The summed E-state index contributed by atoms with van der Waals surface area (Å²) in [7, 11) is 0. The van der Waals surface area contributed by atoms with Crippen LogP contribution in [0.1, 0.15) is 43.7 Å². The molecule has 19 heavy (non-hydrogen) atoms. The molecule has 1 aromatic carbocycles. The van der Waals surface area contributed by atoms with Crippen LogP contribution in [0.2, 0.25) is 0 Å². The summed E-state index contributed by atoms with van der Waals surface area (Å²) >= 11 is 0. The number of halogens is 1. The zero-order valence-corrected chi connectivity index (χ0v) is 10.7. The molecule has 3 nitrogen and oxygen atoms in total. The minimum Gasteiger partial charge on any atom is -0.336 e. The van der Waals surface area contributed by atoms with Crippen molar-refractivity contribution in [3.63, 3.8) is 0 Å². The van der Waals surface area contributed by atoms with Gasteiger partial charge in [-0.25, -0.2) is 4.39 Å². The average Bonchev–Trinajstić information content (AvgIpc) is 2.46. The molecule has 0 aromatic heterocycles. The molecule has 0 radical (unpaired) electrons. The van der Waals surface area contributed by atoms with Gasteiger partial charge in [0.1, 0.15) is 11.9 Å². The van der Waals surface area contributed by atoms with Crippen LogP contribution in [0, 0.1) is 23.1 Å². The highest BCUT2D eigenvalue weighted by Gasteiger charge is 2.24. The van der Waals surface area contributed by atoms with Crippen molar-refractivity contribution in [3.05, 3.63) is 35.6 Å². The molecule has 1 fully saturated rings. The first-order valence-electron chi connectivity index (χ1n) is 6.67. The number of hydrogen-bond acceptors (Lipinski definition) is 2. The Bertz CT molecular complexity index is 489. The lowest BCUT2D eigenvalue weighted by Crippen LogP contribution is -2.34. The fourth-order valence-corrected chi connectivity index (χ4v) is 2.51. The van der Waals surface area contributed by atoms with Crippen LogP contribution in [-0.4, -0.2) is 5.91 Å². The fourth-order valence-electron chi connectivity index (χ4n) is 2.51. The van der Waals surface area contributed by atoms with E-state index in [0.717, 1.165) is 25.7 Å². The SMILES string of the molecule is N#CC(NC(=O)C1CCCCC1)c1ccccc1F. The predicted octanol–water partition coefficient (Wildman–Crippen LogP) is 3.09. The second-order valence-electron chi connectivity index (χ2n) is 4.93. The van der Waals surface area contributed by atoms with Crippen LogP contribution in [0.25, 0.3) is 0 Å². The fraction of sp³-hybridized carbons (Fsp3) is 0.467. The van der Waals surface area contributed by atoms with Crippen LogP contribution < -0.4 is 5.32 Å². The van der Waals surface area contributed by atoms with Crippen molar-refractivity contribution >= 4 is 5.91 Å². The van der Waals surface area contributed by atoms with Crippen LogP contribution in [0.3, 0.4) is 0 Å². The summed E-state index contributed by atoms with van der Waals surface area (Å²) in [5.41, 5.74) is 0.231. The summed E-state index contributed by atoms with van der Waals surface area (Å²) in [6.45, 7) is 0. The van der Waals surface area contributed by atoms with Gasteiger partial charge in [0.15, 0.2) is 0 Å².